The number of anilines is 1. The Labute approximate surface area is 84.3 Å². The number of nitrogens with one attached hydrogen (secondary N) is 1. The van der Waals surface area contributed by atoms with Gasteiger partial charge in [0.05, 0.1) is 0 Å². The zero-order valence-electron chi connectivity index (χ0n) is 8.24. The van der Waals surface area contributed by atoms with E-state index in [1.807, 2.05) is 0 Å². The smallest absolute Gasteiger partial charge is 0.0458 e. The van der Waals surface area contributed by atoms with Crippen molar-refractivity contribution < 1.29 is 5.21 Å². The zero-order chi connectivity index (χ0) is 9.80. The van der Waals surface area contributed by atoms with Crippen molar-refractivity contribution in [2.24, 2.45) is 0 Å². The third-order valence-corrected chi connectivity index (χ3v) is 2.69. The maximum Gasteiger partial charge on any atom is 0.0458 e. The minimum Gasteiger partial charge on any atom is -0.372 e. The quantitative estimate of drug-likeness (QED) is 0.716. The molecule has 0 aliphatic carbocycles. The molecule has 1 heterocycles. The second-order valence-corrected chi connectivity index (χ2v) is 3.70. The van der Waals surface area contributed by atoms with Crippen molar-refractivity contribution in [1.82, 2.24) is 5.48 Å². The van der Waals surface area contributed by atoms with Crippen molar-refractivity contribution in [2.75, 3.05) is 18.0 Å². The van der Waals surface area contributed by atoms with Gasteiger partial charge in [-0.05, 0) is 30.5 Å². The van der Waals surface area contributed by atoms with Gasteiger partial charge in [-0.1, -0.05) is 12.1 Å². The van der Waals surface area contributed by atoms with E-state index in [-0.39, 0.29) is 0 Å². The molecule has 1 saturated heterocycles. The van der Waals surface area contributed by atoms with E-state index in [1.54, 1.807) is 0 Å². The summed E-state index contributed by atoms with van der Waals surface area (Å²) in [5.74, 6) is 0. The normalized spacial score (nSPS) is 16.2. The molecule has 2 rings (SSSR count). The van der Waals surface area contributed by atoms with Gasteiger partial charge in [0, 0.05) is 25.3 Å². The molecule has 3 nitrogen and oxygen atoms in total. The third kappa shape index (κ3) is 2.05. The molecule has 0 radical (unpaired) electrons. The van der Waals surface area contributed by atoms with Crippen LogP contribution in [-0.4, -0.2) is 18.3 Å². The summed E-state index contributed by atoms with van der Waals surface area (Å²) in [5.41, 5.74) is 4.56. The van der Waals surface area contributed by atoms with E-state index in [1.165, 1.54) is 31.6 Å². The molecule has 0 atom stereocenters. The molecule has 76 valence electrons. The van der Waals surface area contributed by atoms with Crippen molar-refractivity contribution in [3.63, 3.8) is 0 Å². The Morgan fingerprint density at radius 2 is 1.79 bits per heavy atom. The summed E-state index contributed by atoms with van der Waals surface area (Å²) in [4.78, 5) is 2.40. The van der Waals surface area contributed by atoms with E-state index >= 15 is 0 Å². The standard InChI is InChI=1S/C11H16N2O/c14-12-9-10-3-5-11(6-4-10)13-7-1-2-8-13/h3-6,12,14H,1-2,7-9H2. The Morgan fingerprint density at radius 1 is 1.14 bits per heavy atom. The topological polar surface area (TPSA) is 35.5 Å². The number of hydrogen-bond donors (Lipinski definition) is 2. The van der Waals surface area contributed by atoms with Gasteiger partial charge in [0.2, 0.25) is 0 Å². The van der Waals surface area contributed by atoms with Gasteiger partial charge in [-0.2, -0.15) is 0 Å². The summed E-state index contributed by atoms with van der Waals surface area (Å²) in [7, 11) is 0. The van der Waals surface area contributed by atoms with Crippen LogP contribution >= 0.6 is 0 Å². The first-order valence-corrected chi connectivity index (χ1v) is 5.11. The lowest BCUT2D eigenvalue weighted by atomic mass is 10.2. The molecule has 0 saturated carbocycles. The van der Waals surface area contributed by atoms with Gasteiger partial charge in [-0.15, -0.1) is 0 Å². The SMILES string of the molecule is ONCc1ccc(N2CCCC2)cc1. The van der Waals surface area contributed by atoms with E-state index in [0.717, 1.165) is 5.56 Å². The van der Waals surface area contributed by atoms with Gasteiger partial charge < -0.3 is 10.1 Å². The average Bonchev–Trinajstić information content (AvgIpc) is 2.72. The zero-order valence-corrected chi connectivity index (χ0v) is 8.24. The summed E-state index contributed by atoms with van der Waals surface area (Å²) < 4.78 is 0. The van der Waals surface area contributed by atoms with E-state index < -0.39 is 0 Å². The van der Waals surface area contributed by atoms with Crippen LogP contribution in [0.1, 0.15) is 18.4 Å². The fourth-order valence-corrected chi connectivity index (χ4v) is 1.89. The Hall–Kier alpha value is -1.06. The molecule has 0 aromatic heterocycles. The van der Waals surface area contributed by atoms with Gasteiger partial charge in [0.15, 0.2) is 0 Å². The van der Waals surface area contributed by atoms with Crippen molar-refractivity contribution in [3.05, 3.63) is 29.8 Å². The van der Waals surface area contributed by atoms with E-state index in [2.05, 4.69) is 34.6 Å². The van der Waals surface area contributed by atoms with Crippen LogP contribution in [0.5, 0.6) is 0 Å². The highest BCUT2D eigenvalue weighted by Crippen LogP contribution is 2.20. The fourth-order valence-electron chi connectivity index (χ4n) is 1.89. The van der Waals surface area contributed by atoms with Crippen LogP contribution in [-0.2, 0) is 6.54 Å². The number of nitrogens with zero attached hydrogens (tertiary/aromatic N) is 1. The Morgan fingerprint density at radius 3 is 2.36 bits per heavy atom. The highest BCUT2D eigenvalue weighted by atomic mass is 16.5. The minimum absolute atomic E-state index is 0.514. The van der Waals surface area contributed by atoms with E-state index in [4.69, 9.17) is 5.21 Å². The first-order valence-electron chi connectivity index (χ1n) is 5.11. The molecule has 3 heteroatoms. The van der Waals surface area contributed by atoms with Crippen LogP contribution in [0.15, 0.2) is 24.3 Å². The largest absolute Gasteiger partial charge is 0.372 e. The van der Waals surface area contributed by atoms with Crippen molar-refractivity contribution in [3.8, 4) is 0 Å². The van der Waals surface area contributed by atoms with Gasteiger partial charge in [0.1, 0.15) is 0 Å². The highest BCUT2D eigenvalue weighted by Gasteiger charge is 2.11. The lowest BCUT2D eigenvalue weighted by molar-refractivity contribution is 0.161. The van der Waals surface area contributed by atoms with E-state index in [0.29, 0.717) is 6.54 Å². The molecule has 2 N–H and O–H groups in total. The monoisotopic (exact) mass is 192 g/mol. The summed E-state index contributed by atoms with van der Waals surface area (Å²) in [6, 6.07) is 8.35. The molecule has 1 aliphatic heterocycles. The van der Waals surface area contributed by atoms with Crippen LogP contribution in [0.2, 0.25) is 0 Å². The molecule has 1 fully saturated rings. The summed E-state index contributed by atoms with van der Waals surface area (Å²) in [5, 5.41) is 8.54. The number of rotatable bonds is 3. The molecule has 0 unspecified atom stereocenters. The van der Waals surface area contributed by atoms with Crippen LogP contribution in [0.3, 0.4) is 0 Å². The molecular formula is C11H16N2O. The molecule has 14 heavy (non-hydrogen) atoms. The predicted octanol–water partition coefficient (Wildman–Crippen LogP) is 1.77. The lowest BCUT2D eigenvalue weighted by Crippen LogP contribution is -2.17. The molecular weight excluding hydrogens is 176 g/mol. The number of benzene rings is 1. The first-order chi connectivity index (χ1) is 6.90. The summed E-state index contributed by atoms with van der Waals surface area (Å²) >= 11 is 0. The Kier molecular flexibility index (Phi) is 3.01. The molecule has 0 bridgehead atoms. The highest BCUT2D eigenvalue weighted by molar-refractivity contribution is 5.48. The van der Waals surface area contributed by atoms with Crippen LogP contribution < -0.4 is 10.4 Å². The summed E-state index contributed by atoms with van der Waals surface area (Å²) in [6.45, 7) is 2.87. The maximum absolute atomic E-state index is 8.54. The van der Waals surface area contributed by atoms with Gasteiger partial charge in [0.25, 0.3) is 0 Å². The van der Waals surface area contributed by atoms with Crippen molar-refractivity contribution in [1.29, 1.82) is 0 Å². The summed E-state index contributed by atoms with van der Waals surface area (Å²) in [6.07, 6.45) is 2.61. The molecule has 0 amide bonds. The Bertz CT molecular complexity index is 278. The minimum atomic E-state index is 0.514. The molecule has 1 aromatic carbocycles. The van der Waals surface area contributed by atoms with E-state index in [9.17, 15) is 0 Å². The lowest BCUT2D eigenvalue weighted by Gasteiger charge is -2.17. The predicted molar refractivity (Wildman–Crippen MR) is 56.5 cm³/mol. The third-order valence-electron chi connectivity index (χ3n) is 2.69. The van der Waals surface area contributed by atoms with Crippen molar-refractivity contribution >= 4 is 5.69 Å². The molecule has 1 aromatic rings. The number of hydrogen-bond acceptors (Lipinski definition) is 3. The average molecular weight is 192 g/mol. The molecule has 0 spiro atoms. The van der Waals surface area contributed by atoms with Gasteiger partial charge >= 0.3 is 0 Å². The second kappa shape index (κ2) is 4.44. The van der Waals surface area contributed by atoms with Crippen LogP contribution in [0.25, 0.3) is 0 Å². The first kappa shape index (κ1) is 9.49. The molecule has 1 aliphatic rings. The van der Waals surface area contributed by atoms with Crippen LogP contribution in [0.4, 0.5) is 5.69 Å². The van der Waals surface area contributed by atoms with Crippen molar-refractivity contribution in [2.45, 2.75) is 19.4 Å². The maximum atomic E-state index is 8.54. The number of hydroxylamine groups is 1. The van der Waals surface area contributed by atoms with Crippen LogP contribution in [0, 0.1) is 0 Å². The Balaban J connectivity index is 2.05. The second-order valence-electron chi connectivity index (χ2n) is 3.70. The fraction of sp³-hybridized carbons (Fsp3) is 0.455. The van der Waals surface area contributed by atoms with Gasteiger partial charge in [-0.25, -0.2) is 5.48 Å². The van der Waals surface area contributed by atoms with Gasteiger partial charge in [-0.3, -0.25) is 0 Å².